The Balaban J connectivity index is 2.25. The molecule has 0 spiro atoms. The zero-order valence-electron chi connectivity index (χ0n) is 11.2. The molecule has 100 valence electrons. The van der Waals surface area contributed by atoms with E-state index in [0.29, 0.717) is 10.9 Å². The Kier molecular flexibility index (Phi) is 3.38. The van der Waals surface area contributed by atoms with Crippen LogP contribution in [0.4, 0.5) is 0 Å². The fourth-order valence-electron chi connectivity index (χ4n) is 1.77. The molecule has 0 aliphatic rings. The summed E-state index contributed by atoms with van der Waals surface area (Å²) in [6, 6.07) is 5.17. The number of rotatable bonds is 2. The first-order valence-corrected chi connectivity index (χ1v) is 6.03. The molecule has 0 atom stereocenters. The first kappa shape index (κ1) is 13.3. The molecule has 1 aromatic heterocycles. The summed E-state index contributed by atoms with van der Waals surface area (Å²) in [4.78, 5) is 29.9. The van der Waals surface area contributed by atoms with E-state index in [1.54, 1.807) is 18.2 Å². The number of H-pyrrole nitrogens is 1. The highest BCUT2D eigenvalue weighted by molar-refractivity contribution is 5.80. The van der Waals surface area contributed by atoms with Crippen LogP contribution in [0.3, 0.4) is 0 Å². The van der Waals surface area contributed by atoms with E-state index in [9.17, 15) is 9.59 Å². The molecule has 2 aromatic rings. The van der Waals surface area contributed by atoms with E-state index in [-0.39, 0.29) is 17.9 Å². The van der Waals surface area contributed by atoms with Crippen molar-refractivity contribution in [1.29, 1.82) is 0 Å². The predicted molar refractivity (Wildman–Crippen MR) is 71.9 cm³/mol. The van der Waals surface area contributed by atoms with E-state index in [0.717, 1.165) is 5.56 Å². The first-order chi connectivity index (χ1) is 8.85. The molecule has 0 unspecified atom stereocenters. The van der Waals surface area contributed by atoms with Crippen molar-refractivity contribution in [3.05, 3.63) is 40.4 Å². The van der Waals surface area contributed by atoms with Crippen molar-refractivity contribution in [2.75, 3.05) is 0 Å². The summed E-state index contributed by atoms with van der Waals surface area (Å²) < 4.78 is 5.24. The molecule has 0 aliphatic heterocycles. The van der Waals surface area contributed by atoms with Crippen LogP contribution >= 0.6 is 0 Å². The smallest absolute Gasteiger partial charge is 0.310 e. The summed E-state index contributed by atoms with van der Waals surface area (Å²) >= 11 is 0. The van der Waals surface area contributed by atoms with Crippen LogP contribution in [0.1, 0.15) is 26.3 Å². The van der Waals surface area contributed by atoms with Gasteiger partial charge in [0, 0.05) is 0 Å². The van der Waals surface area contributed by atoms with Crippen LogP contribution in [0.25, 0.3) is 10.9 Å². The number of aromatic amines is 1. The Morgan fingerprint density at radius 2 is 2.11 bits per heavy atom. The fraction of sp³-hybridized carbons (Fsp3) is 0.357. The van der Waals surface area contributed by atoms with Crippen molar-refractivity contribution in [2.45, 2.75) is 32.8 Å². The zero-order chi connectivity index (χ0) is 14.0. The lowest BCUT2D eigenvalue weighted by Crippen LogP contribution is -2.24. The number of benzene rings is 1. The molecular weight excluding hydrogens is 244 g/mol. The third-order valence-electron chi connectivity index (χ3n) is 2.47. The Bertz CT molecular complexity index is 668. The molecule has 0 saturated carbocycles. The molecule has 0 bridgehead atoms. The van der Waals surface area contributed by atoms with Crippen LogP contribution in [-0.2, 0) is 16.0 Å². The summed E-state index contributed by atoms with van der Waals surface area (Å²) in [5, 5.41) is 0.476. The van der Waals surface area contributed by atoms with E-state index in [1.165, 1.54) is 6.33 Å². The number of fused-ring (bicyclic) bond motifs is 1. The van der Waals surface area contributed by atoms with Gasteiger partial charge in [0.05, 0.1) is 23.7 Å². The molecule has 1 heterocycles. The fourth-order valence-corrected chi connectivity index (χ4v) is 1.77. The van der Waals surface area contributed by atoms with E-state index >= 15 is 0 Å². The summed E-state index contributed by atoms with van der Waals surface area (Å²) in [7, 11) is 0. The highest BCUT2D eigenvalue weighted by atomic mass is 16.6. The summed E-state index contributed by atoms with van der Waals surface area (Å²) in [6.07, 6.45) is 1.50. The highest BCUT2D eigenvalue weighted by Gasteiger charge is 2.16. The molecule has 19 heavy (non-hydrogen) atoms. The molecule has 1 aromatic carbocycles. The minimum Gasteiger partial charge on any atom is -0.460 e. The second kappa shape index (κ2) is 4.84. The molecule has 5 heteroatoms. The summed E-state index contributed by atoms with van der Waals surface area (Å²) in [5.41, 5.74) is 0.625. The highest BCUT2D eigenvalue weighted by Crippen LogP contribution is 2.13. The Hall–Kier alpha value is -2.17. The van der Waals surface area contributed by atoms with Crippen LogP contribution < -0.4 is 5.56 Å². The number of esters is 1. The van der Waals surface area contributed by atoms with Gasteiger partial charge < -0.3 is 9.72 Å². The monoisotopic (exact) mass is 260 g/mol. The SMILES string of the molecule is CC(C)(C)OC(=O)Cc1ccc2nc[nH]c(=O)c2c1. The largest absolute Gasteiger partial charge is 0.460 e. The molecule has 0 saturated heterocycles. The number of hydrogen-bond donors (Lipinski definition) is 1. The van der Waals surface area contributed by atoms with Gasteiger partial charge in [-0.2, -0.15) is 0 Å². The second-order valence-electron chi connectivity index (χ2n) is 5.35. The van der Waals surface area contributed by atoms with E-state index in [1.807, 2.05) is 20.8 Å². The van der Waals surface area contributed by atoms with Crippen LogP contribution in [0.2, 0.25) is 0 Å². The van der Waals surface area contributed by atoms with Crippen molar-refractivity contribution in [2.24, 2.45) is 0 Å². The van der Waals surface area contributed by atoms with Crippen molar-refractivity contribution < 1.29 is 9.53 Å². The molecule has 1 N–H and O–H groups in total. The normalized spacial score (nSPS) is 11.5. The first-order valence-electron chi connectivity index (χ1n) is 6.03. The third kappa shape index (κ3) is 3.40. The van der Waals surface area contributed by atoms with Gasteiger partial charge in [-0.25, -0.2) is 4.98 Å². The average molecular weight is 260 g/mol. The Morgan fingerprint density at radius 1 is 1.37 bits per heavy atom. The molecule has 2 rings (SSSR count). The molecule has 0 aliphatic carbocycles. The summed E-state index contributed by atoms with van der Waals surface area (Å²) in [6.45, 7) is 5.46. The zero-order valence-corrected chi connectivity index (χ0v) is 11.2. The number of nitrogens with one attached hydrogen (secondary N) is 1. The number of hydrogen-bond acceptors (Lipinski definition) is 4. The van der Waals surface area contributed by atoms with Gasteiger partial charge in [-0.15, -0.1) is 0 Å². The van der Waals surface area contributed by atoms with Crippen LogP contribution in [0.15, 0.2) is 29.3 Å². The Morgan fingerprint density at radius 3 is 2.79 bits per heavy atom. The molecular formula is C14H16N2O3. The minimum absolute atomic E-state index is 0.140. The number of carbonyl (C=O) groups excluding carboxylic acids is 1. The van der Waals surface area contributed by atoms with Gasteiger partial charge in [-0.05, 0) is 38.5 Å². The number of carbonyl (C=O) groups is 1. The van der Waals surface area contributed by atoms with Crippen LogP contribution in [0, 0.1) is 0 Å². The van der Waals surface area contributed by atoms with Crippen molar-refractivity contribution in [3.8, 4) is 0 Å². The van der Waals surface area contributed by atoms with Crippen LogP contribution in [0.5, 0.6) is 0 Å². The lowest BCUT2D eigenvalue weighted by atomic mass is 10.1. The van der Waals surface area contributed by atoms with E-state index < -0.39 is 5.60 Å². The minimum atomic E-state index is -0.507. The van der Waals surface area contributed by atoms with Gasteiger partial charge in [0.1, 0.15) is 5.60 Å². The molecule has 5 nitrogen and oxygen atoms in total. The van der Waals surface area contributed by atoms with E-state index in [2.05, 4.69) is 9.97 Å². The standard InChI is InChI=1S/C14H16N2O3/c1-14(2,3)19-12(17)7-9-4-5-11-10(6-9)13(18)16-8-15-11/h4-6,8H,7H2,1-3H3,(H,15,16,18). The number of ether oxygens (including phenoxy) is 1. The maximum atomic E-state index is 11.7. The third-order valence-corrected chi connectivity index (χ3v) is 2.47. The predicted octanol–water partition coefficient (Wildman–Crippen LogP) is 1.81. The molecule has 0 radical (unpaired) electrons. The summed E-state index contributed by atoms with van der Waals surface area (Å²) in [5.74, 6) is -0.313. The number of nitrogens with zero attached hydrogens (tertiary/aromatic N) is 1. The lowest BCUT2D eigenvalue weighted by molar-refractivity contribution is -0.153. The lowest BCUT2D eigenvalue weighted by Gasteiger charge is -2.19. The van der Waals surface area contributed by atoms with Gasteiger partial charge in [-0.3, -0.25) is 9.59 Å². The Labute approximate surface area is 110 Å². The second-order valence-corrected chi connectivity index (χ2v) is 5.35. The van der Waals surface area contributed by atoms with Crippen LogP contribution in [-0.4, -0.2) is 21.5 Å². The van der Waals surface area contributed by atoms with Gasteiger partial charge in [0.2, 0.25) is 0 Å². The topological polar surface area (TPSA) is 72.0 Å². The maximum absolute atomic E-state index is 11.7. The van der Waals surface area contributed by atoms with E-state index in [4.69, 9.17) is 4.74 Å². The molecule has 0 amide bonds. The number of aromatic nitrogens is 2. The average Bonchev–Trinajstić information content (AvgIpc) is 2.27. The van der Waals surface area contributed by atoms with Crippen molar-refractivity contribution in [1.82, 2.24) is 9.97 Å². The molecule has 0 fully saturated rings. The quantitative estimate of drug-likeness (QED) is 0.836. The maximum Gasteiger partial charge on any atom is 0.310 e. The van der Waals surface area contributed by atoms with Gasteiger partial charge in [0.15, 0.2) is 0 Å². The van der Waals surface area contributed by atoms with Gasteiger partial charge >= 0.3 is 5.97 Å². The van der Waals surface area contributed by atoms with Gasteiger partial charge in [0.25, 0.3) is 5.56 Å². The van der Waals surface area contributed by atoms with Crippen molar-refractivity contribution in [3.63, 3.8) is 0 Å². The van der Waals surface area contributed by atoms with Crippen molar-refractivity contribution >= 4 is 16.9 Å². The van der Waals surface area contributed by atoms with Gasteiger partial charge in [-0.1, -0.05) is 6.07 Å².